The van der Waals surface area contributed by atoms with Crippen molar-refractivity contribution in [1.29, 1.82) is 0 Å². The smallest absolute Gasteiger partial charge is 0.420 e. The molecule has 4 rings (SSSR count). The molecule has 0 saturated carbocycles. The van der Waals surface area contributed by atoms with Crippen LogP contribution in [0.3, 0.4) is 0 Å². The van der Waals surface area contributed by atoms with Crippen molar-refractivity contribution in [1.82, 2.24) is 19.9 Å². The molecule has 0 spiro atoms. The summed E-state index contributed by atoms with van der Waals surface area (Å²) < 4.78 is 65.9. The average molecular weight is 595 g/mol. The third-order valence-corrected chi connectivity index (χ3v) is 6.48. The van der Waals surface area contributed by atoms with Gasteiger partial charge >= 0.3 is 18.2 Å². The van der Waals surface area contributed by atoms with E-state index in [9.17, 15) is 32.7 Å². The van der Waals surface area contributed by atoms with E-state index in [1.165, 1.54) is 17.3 Å². The Morgan fingerprint density at radius 3 is 2.26 bits per heavy atom. The number of amides is 1. The van der Waals surface area contributed by atoms with E-state index in [0.29, 0.717) is 12.0 Å². The van der Waals surface area contributed by atoms with Gasteiger partial charge in [0.1, 0.15) is 22.5 Å². The first-order valence-corrected chi connectivity index (χ1v) is 13.1. The van der Waals surface area contributed by atoms with Crippen molar-refractivity contribution in [2.75, 3.05) is 42.5 Å². The Balaban J connectivity index is 1.74. The summed E-state index contributed by atoms with van der Waals surface area (Å²) in [5.41, 5.74) is -5.55. The molecule has 3 aromatic rings. The topological polar surface area (TPSA) is 130 Å². The molecule has 3 heterocycles. The number of aryl methyl sites for hydroxylation is 1. The van der Waals surface area contributed by atoms with Gasteiger partial charge in [0.25, 0.3) is 0 Å². The Bertz CT molecular complexity index is 1530. The largest absolute Gasteiger partial charge is 0.477 e. The first kappa shape index (κ1) is 30.5. The third kappa shape index (κ3) is 6.71. The van der Waals surface area contributed by atoms with Crippen LogP contribution >= 0.6 is 0 Å². The Morgan fingerprint density at radius 2 is 1.69 bits per heavy atom. The predicted octanol–water partition coefficient (Wildman–Crippen LogP) is 3.89. The van der Waals surface area contributed by atoms with Crippen LogP contribution in [0.25, 0.3) is 10.9 Å². The van der Waals surface area contributed by atoms with Gasteiger partial charge in [0.05, 0.1) is 16.6 Å². The number of aromatic nitrogens is 3. The van der Waals surface area contributed by atoms with Gasteiger partial charge in [-0.3, -0.25) is 4.79 Å². The first-order chi connectivity index (χ1) is 19.7. The summed E-state index contributed by atoms with van der Waals surface area (Å²) >= 11 is 0. The van der Waals surface area contributed by atoms with E-state index in [1.807, 2.05) is 0 Å². The molecule has 1 aromatic carbocycles. The number of aromatic carboxylic acids is 1. The number of hydrogen-bond donors (Lipinski definition) is 2. The van der Waals surface area contributed by atoms with Crippen LogP contribution in [0.5, 0.6) is 0 Å². The zero-order valence-electron chi connectivity index (χ0n) is 23.2. The van der Waals surface area contributed by atoms with Gasteiger partial charge in [0, 0.05) is 57.9 Å². The van der Waals surface area contributed by atoms with Crippen molar-refractivity contribution in [3.05, 3.63) is 57.9 Å². The molecule has 11 nitrogen and oxygen atoms in total. The molecule has 2 N–H and O–H groups in total. The molecule has 0 unspecified atom stereocenters. The molecular weight excluding hydrogens is 564 g/mol. The summed E-state index contributed by atoms with van der Waals surface area (Å²) in [4.78, 5) is 48.0. The third-order valence-electron chi connectivity index (χ3n) is 6.48. The molecular formula is C27H30F4N6O5. The molecule has 0 bridgehead atoms. The highest BCUT2D eigenvalue weighted by molar-refractivity contribution is 5.95. The number of nitrogens with zero attached hydrogens (tertiary/aromatic N) is 5. The van der Waals surface area contributed by atoms with Crippen LogP contribution < -0.4 is 20.5 Å². The Labute approximate surface area is 237 Å². The average Bonchev–Trinajstić information content (AvgIpc) is 2.90. The first-order valence-electron chi connectivity index (χ1n) is 13.1. The van der Waals surface area contributed by atoms with Crippen molar-refractivity contribution >= 4 is 34.6 Å². The van der Waals surface area contributed by atoms with Crippen molar-refractivity contribution in [2.45, 2.75) is 45.5 Å². The maximum atomic E-state index is 15.6. The highest BCUT2D eigenvalue weighted by Gasteiger charge is 2.41. The quantitative estimate of drug-likeness (QED) is 0.309. The van der Waals surface area contributed by atoms with Gasteiger partial charge in [0.2, 0.25) is 11.4 Å². The fourth-order valence-corrected chi connectivity index (χ4v) is 4.77. The van der Waals surface area contributed by atoms with Gasteiger partial charge in [-0.25, -0.2) is 23.9 Å². The standard InChI is InChI=1S/C27H30F4N6O5/c1-26(2,3)42-25(41)34-8-5-9-37-15-17(23(39)40)22(38)16-14-18(28)21(19(20(16)37)27(29,30)31)35-10-12-36(13-11-35)24-32-6-4-7-33-24/h4,6-7,14-15H,5,8-13H2,1-3H3,(H,34,41)(H,39,40). The van der Waals surface area contributed by atoms with E-state index in [0.717, 1.165) is 10.8 Å². The Kier molecular flexibility index (Phi) is 8.59. The lowest BCUT2D eigenvalue weighted by molar-refractivity contribution is -0.136. The second kappa shape index (κ2) is 11.8. The molecule has 1 aliphatic heterocycles. The minimum atomic E-state index is -5.11. The number of carboxylic acid groups (broad SMARTS) is 1. The van der Waals surface area contributed by atoms with E-state index < -0.39 is 62.8 Å². The number of piperazine rings is 1. The van der Waals surface area contributed by atoms with Gasteiger partial charge in [-0.05, 0) is 39.3 Å². The van der Waals surface area contributed by atoms with Gasteiger partial charge < -0.3 is 29.5 Å². The van der Waals surface area contributed by atoms with E-state index in [-0.39, 0.29) is 45.7 Å². The fourth-order valence-electron chi connectivity index (χ4n) is 4.77. The second-order valence-corrected chi connectivity index (χ2v) is 10.7. The number of halogens is 4. The Hall–Kier alpha value is -4.43. The van der Waals surface area contributed by atoms with Crippen LogP contribution in [-0.2, 0) is 17.5 Å². The maximum absolute atomic E-state index is 15.6. The number of nitrogens with one attached hydrogen (secondary N) is 1. The van der Waals surface area contributed by atoms with Crippen LogP contribution in [0.15, 0.2) is 35.5 Å². The minimum absolute atomic E-state index is 0.00100. The fraction of sp³-hybridized carbons (Fsp3) is 0.444. The number of fused-ring (bicyclic) bond motifs is 1. The van der Waals surface area contributed by atoms with Crippen molar-refractivity contribution < 1.29 is 37.0 Å². The molecule has 1 saturated heterocycles. The van der Waals surface area contributed by atoms with E-state index in [1.54, 1.807) is 31.7 Å². The number of carbonyl (C=O) groups is 2. The van der Waals surface area contributed by atoms with Crippen LogP contribution in [-0.4, -0.2) is 70.0 Å². The molecule has 0 atom stereocenters. The van der Waals surface area contributed by atoms with Crippen LogP contribution in [0, 0.1) is 5.82 Å². The minimum Gasteiger partial charge on any atom is -0.477 e. The molecule has 1 amide bonds. The van der Waals surface area contributed by atoms with Gasteiger partial charge in [-0.15, -0.1) is 0 Å². The SMILES string of the molecule is CC(C)(C)OC(=O)NCCCn1cc(C(=O)O)c(=O)c2cc(F)c(N3CCN(c4ncccn4)CC3)c(C(F)(F)F)c21. The predicted molar refractivity (Wildman–Crippen MR) is 145 cm³/mol. The highest BCUT2D eigenvalue weighted by atomic mass is 19.4. The van der Waals surface area contributed by atoms with Crippen molar-refractivity contribution in [2.24, 2.45) is 0 Å². The van der Waals surface area contributed by atoms with Gasteiger partial charge in [0.15, 0.2) is 0 Å². The van der Waals surface area contributed by atoms with Gasteiger partial charge in [-0.2, -0.15) is 13.2 Å². The summed E-state index contributed by atoms with van der Waals surface area (Å²) in [6.45, 7) is 5.16. The lowest BCUT2D eigenvalue weighted by Crippen LogP contribution is -2.48. The molecule has 0 radical (unpaired) electrons. The number of anilines is 2. The molecule has 42 heavy (non-hydrogen) atoms. The molecule has 0 aliphatic carbocycles. The number of ether oxygens (including phenoxy) is 1. The summed E-state index contributed by atoms with van der Waals surface area (Å²) in [6.07, 6.45) is -1.90. The number of alkyl halides is 3. The number of pyridine rings is 1. The lowest BCUT2D eigenvalue weighted by atomic mass is 10.0. The van der Waals surface area contributed by atoms with Crippen molar-refractivity contribution in [3.8, 4) is 0 Å². The summed E-state index contributed by atoms with van der Waals surface area (Å²) in [6, 6.07) is 2.29. The van der Waals surface area contributed by atoms with Crippen LogP contribution in [0.1, 0.15) is 43.1 Å². The number of carboxylic acids is 1. The van der Waals surface area contributed by atoms with Crippen molar-refractivity contribution in [3.63, 3.8) is 0 Å². The summed E-state index contributed by atoms with van der Waals surface area (Å²) in [5.74, 6) is -2.57. The molecule has 1 fully saturated rings. The van der Waals surface area contributed by atoms with E-state index in [4.69, 9.17) is 4.74 Å². The monoisotopic (exact) mass is 594 g/mol. The van der Waals surface area contributed by atoms with E-state index >= 15 is 4.39 Å². The van der Waals surface area contributed by atoms with E-state index in [2.05, 4.69) is 15.3 Å². The van der Waals surface area contributed by atoms with Gasteiger partial charge in [-0.1, -0.05) is 0 Å². The second-order valence-electron chi connectivity index (χ2n) is 10.7. The molecule has 2 aromatic heterocycles. The number of benzene rings is 1. The molecule has 226 valence electrons. The summed E-state index contributed by atoms with van der Waals surface area (Å²) in [5, 5.41) is 11.3. The summed E-state index contributed by atoms with van der Waals surface area (Å²) in [7, 11) is 0. The van der Waals surface area contributed by atoms with Crippen LogP contribution in [0.4, 0.5) is 34.0 Å². The molecule has 1 aliphatic rings. The number of hydrogen-bond acceptors (Lipinski definition) is 8. The lowest BCUT2D eigenvalue weighted by Gasteiger charge is -2.37. The number of alkyl carbamates (subject to hydrolysis) is 1. The zero-order valence-corrected chi connectivity index (χ0v) is 23.2. The normalized spacial score (nSPS) is 14.3. The molecule has 15 heteroatoms. The Morgan fingerprint density at radius 1 is 1.07 bits per heavy atom. The highest BCUT2D eigenvalue weighted by Crippen LogP contribution is 2.43. The number of rotatable bonds is 7. The maximum Gasteiger partial charge on any atom is 0.420 e. The van der Waals surface area contributed by atoms with Crippen LogP contribution in [0.2, 0.25) is 0 Å². The zero-order chi connectivity index (χ0) is 30.8. The number of carbonyl (C=O) groups excluding carboxylic acids is 1.